The standard InChI is InChI=1S/C12H17N3O/c1-14-12(16)11-3-2-8-15(11)10-6-4-9(13)5-7-10/h4-7,11H,2-3,8,13H2,1H3,(H,14,16). The fourth-order valence-electron chi connectivity index (χ4n) is 2.18. The van der Waals surface area contributed by atoms with Crippen molar-refractivity contribution >= 4 is 17.3 Å². The molecular formula is C12H17N3O. The highest BCUT2D eigenvalue weighted by Gasteiger charge is 2.29. The van der Waals surface area contributed by atoms with E-state index in [1.165, 1.54) is 0 Å². The Bertz CT molecular complexity index is 374. The molecule has 3 N–H and O–H groups in total. The van der Waals surface area contributed by atoms with Crippen LogP contribution in [-0.4, -0.2) is 25.5 Å². The maximum absolute atomic E-state index is 11.7. The van der Waals surface area contributed by atoms with Crippen molar-refractivity contribution < 1.29 is 4.79 Å². The van der Waals surface area contributed by atoms with Crippen LogP contribution in [0.2, 0.25) is 0 Å². The Morgan fingerprint density at radius 3 is 2.75 bits per heavy atom. The quantitative estimate of drug-likeness (QED) is 0.729. The topological polar surface area (TPSA) is 58.4 Å². The van der Waals surface area contributed by atoms with Crippen LogP contribution >= 0.6 is 0 Å². The summed E-state index contributed by atoms with van der Waals surface area (Å²) in [7, 11) is 1.68. The van der Waals surface area contributed by atoms with Crippen LogP contribution in [0.5, 0.6) is 0 Å². The van der Waals surface area contributed by atoms with Crippen LogP contribution in [0.25, 0.3) is 0 Å². The average Bonchev–Trinajstić information content (AvgIpc) is 2.78. The summed E-state index contributed by atoms with van der Waals surface area (Å²) in [5, 5.41) is 2.71. The van der Waals surface area contributed by atoms with Crippen LogP contribution in [0.4, 0.5) is 11.4 Å². The summed E-state index contributed by atoms with van der Waals surface area (Å²) in [6.07, 6.45) is 1.98. The highest BCUT2D eigenvalue weighted by molar-refractivity contribution is 5.85. The Morgan fingerprint density at radius 1 is 1.44 bits per heavy atom. The molecule has 1 aliphatic rings. The molecule has 86 valence electrons. The lowest BCUT2D eigenvalue weighted by molar-refractivity contribution is -0.121. The Hall–Kier alpha value is -1.71. The van der Waals surface area contributed by atoms with Crippen LogP contribution < -0.4 is 16.0 Å². The largest absolute Gasteiger partial charge is 0.399 e. The molecule has 0 radical (unpaired) electrons. The molecule has 4 nitrogen and oxygen atoms in total. The van der Waals surface area contributed by atoms with Crippen molar-refractivity contribution in [3.8, 4) is 0 Å². The summed E-state index contributed by atoms with van der Waals surface area (Å²) in [4.78, 5) is 13.8. The zero-order chi connectivity index (χ0) is 11.5. The molecule has 4 heteroatoms. The Balaban J connectivity index is 2.19. The molecule has 1 aliphatic heterocycles. The molecule has 1 fully saturated rings. The van der Waals surface area contributed by atoms with Crippen molar-refractivity contribution in [2.45, 2.75) is 18.9 Å². The zero-order valence-corrected chi connectivity index (χ0v) is 9.44. The molecule has 0 aliphatic carbocycles. The predicted octanol–water partition coefficient (Wildman–Crippen LogP) is 0.984. The molecule has 1 amide bonds. The number of hydrogen-bond acceptors (Lipinski definition) is 3. The van der Waals surface area contributed by atoms with E-state index in [4.69, 9.17) is 5.73 Å². The number of rotatable bonds is 2. The molecular weight excluding hydrogens is 202 g/mol. The Kier molecular flexibility index (Phi) is 2.99. The summed E-state index contributed by atoms with van der Waals surface area (Å²) in [6.45, 7) is 0.933. The van der Waals surface area contributed by atoms with Gasteiger partial charge in [0.25, 0.3) is 0 Å². The van der Waals surface area contributed by atoms with Crippen LogP contribution in [-0.2, 0) is 4.79 Å². The van der Waals surface area contributed by atoms with E-state index in [9.17, 15) is 4.79 Å². The fourth-order valence-corrected chi connectivity index (χ4v) is 2.18. The van der Waals surface area contributed by atoms with Gasteiger partial charge >= 0.3 is 0 Å². The first-order valence-corrected chi connectivity index (χ1v) is 5.56. The van der Waals surface area contributed by atoms with Gasteiger partial charge in [-0.2, -0.15) is 0 Å². The molecule has 1 heterocycles. The SMILES string of the molecule is CNC(=O)C1CCCN1c1ccc(N)cc1. The lowest BCUT2D eigenvalue weighted by atomic mass is 10.2. The predicted molar refractivity (Wildman–Crippen MR) is 65.3 cm³/mol. The first-order valence-electron chi connectivity index (χ1n) is 5.56. The third kappa shape index (κ3) is 1.96. The van der Waals surface area contributed by atoms with E-state index in [-0.39, 0.29) is 11.9 Å². The maximum Gasteiger partial charge on any atom is 0.242 e. The number of nitrogens with one attached hydrogen (secondary N) is 1. The zero-order valence-electron chi connectivity index (χ0n) is 9.44. The van der Waals surface area contributed by atoms with Crippen molar-refractivity contribution in [1.82, 2.24) is 5.32 Å². The Labute approximate surface area is 95.4 Å². The monoisotopic (exact) mass is 219 g/mol. The Morgan fingerprint density at radius 2 is 2.12 bits per heavy atom. The van der Waals surface area contributed by atoms with E-state index >= 15 is 0 Å². The summed E-state index contributed by atoms with van der Waals surface area (Å²) in [5.41, 5.74) is 7.47. The normalized spacial score (nSPS) is 19.8. The van der Waals surface area contributed by atoms with Gasteiger partial charge in [-0.25, -0.2) is 0 Å². The number of nitrogens with zero attached hydrogens (tertiary/aromatic N) is 1. The van der Waals surface area contributed by atoms with E-state index in [2.05, 4.69) is 10.2 Å². The van der Waals surface area contributed by atoms with Gasteiger partial charge in [-0.1, -0.05) is 0 Å². The van der Waals surface area contributed by atoms with Crippen molar-refractivity contribution in [3.63, 3.8) is 0 Å². The third-order valence-electron chi connectivity index (χ3n) is 3.03. The highest BCUT2D eigenvalue weighted by Crippen LogP contribution is 2.26. The van der Waals surface area contributed by atoms with E-state index in [1.54, 1.807) is 7.05 Å². The lowest BCUT2D eigenvalue weighted by Crippen LogP contribution is -2.41. The van der Waals surface area contributed by atoms with E-state index in [0.717, 1.165) is 30.8 Å². The van der Waals surface area contributed by atoms with Crippen molar-refractivity contribution in [2.24, 2.45) is 0 Å². The molecule has 1 aromatic rings. The van der Waals surface area contributed by atoms with Gasteiger partial charge in [0.05, 0.1) is 0 Å². The number of amides is 1. The number of nitrogen functional groups attached to an aromatic ring is 1. The molecule has 16 heavy (non-hydrogen) atoms. The molecule has 1 saturated heterocycles. The van der Waals surface area contributed by atoms with Crippen LogP contribution in [0.15, 0.2) is 24.3 Å². The van der Waals surface area contributed by atoms with Crippen molar-refractivity contribution in [1.29, 1.82) is 0 Å². The van der Waals surface area contributed by atoms with Gasteiger partial charge < -0.3 is 16.0 Å². The number of nitrogens with two attached hydrogens (primary N) is 1. The minimum Gasteiger partial charge on any atom is -0.399 e. The third-order valence-corrected chi connectivity index (χ3v) is 3.03. The first-order chi connectivity index (χ1) is 7.72. The molecule has 2 rings (SSSR count). The van der Waals surface area contributed by atoms with Gasteiger partial charge in [-0.05, 0) is 37.1 Å². The average molecular weight is 219 g/mol. The summed E-state index contributed by atoms with van der Waals surface area (Å²) >= 11 is 0. The van der Waals surface area contributed by atoms with Gasteiger partial charge in [-0.15, -0.1) is 0 Å². The smallest absolute Gasteiger partial charge is 0.242 e. The van der Waals surface area contributed by atoms with Crippen LogP contribution in [0.3, 0.4) is 0 Å². The summed E-state index contributed by atoms with van der Waals surface area (Å²) in [5.74, 6) is 0.0920. The molecule has 1 unspecified atom stereocenters. The summed E-state index contributed by atoms with van der Waals surface area (Å²) < 4.78 is 0. The molecule has 1 aromatic carbocycles. The van der Waals surface area contributed by atoms with Gasteiger partial charge in [-0.3, -0.25) is 4.79 Å². The number of likely N-dealkylation sites (N-methyl/N-ethyl adjacent to an activating group) is 1. The maximum atomic E-state index is 11.7. The minimum atomic E-state index is -0.0337. The number of hydrogen-bond donors (Lipinski definition) is 2. The fraction of sp³-hybridized carbons (Fsp3) is 0.417. The minimum absolute atomic E-state index is 0.0337. The molecule has 0 aromatic heterocycles. The van der Waals surface area contributed by atoms with Gasteiger partial charge in [0.1, 0.15) is 6.04 Å². The highest BCUT2D eigenvalue weighted by atomic mass is 16.2. The second kappa shape index (κ2) is 4.43. The number of anilines is 2. The first kappa shape index (κ1) is 10.8. The number of carbonyl (C=O) groups excluding carboxylic acids is 1. The van der Waals surface area contributed by atoms with Crippen molar-refractivity contribution in [3.05, 3.63) is 24.3 Å². The van der Waals surface area contributed by atoms with Crippen LogP contribution in [0, 0.1) is 0 Å². The molecule has 0 spiro atoms. The number of carbonyl (C=O) groups is 1. The van der Waals surface area contributed by atoms with Gasteiger partial charge in [0.15, 0.2) is 0 Å². The molecule has 0 bridgehead atoms. The molecule has 1 atom stereocenters. The number of benzene rings is 1. The lowest BCUT2D eigenvalue weighted by Gasteiger charge is -2.25. The van der Waals surface area contributed by atoms with Crippen LogP contribution in [0.1, 0.15) is 12.8 Å². The van der Waals surface area contributed by atoms with Gasteiger partial charge in [0, 0.05) is 25.0 Å². The van der Waals surface area contributed by atoms with E-state index in [0.29, 0.717) is 0 Å². The second-order valence-corrected chi connectivity index (χ2v) is 4.06. The van der Waals surface area contributed by atoms with Crippen molar-refractivity contribution in [2.75, 3.05) is 24.2 Å². The second-order valence-electron chi connectivity index (χ2n) is 4.06. The van der Waals surface area contributed by atoms with E-state index in [1.807, 2.05) is 24.3 Å². The summed E-state index contributed by atoms with van der Waals surface area (Å²) in [6, 6.07) is 7.64. The van der Waals surface area contributed by atoms with Gasteiger partial charge in [0.2, 0.25) is 5.91 Å². The molecule has 0 saturated carbocycles. The van der Waals surface area contributed by atoms with E-state index < -0.39 is 0 Å².